The van der Waals surface area contributed by atoms with Crippen LogP contribution in [0.1, 0.15) is 18.1 Å². The Kier molecular flexibility index (Phi) is 2.96. The molecule has 1 nitrogen and oxygen atoms in total. The van der Waals surface area contributed by atoms with Gasteiger partial charge in [-0.2, -0.15) is 0 Å². The predicted molar refractivity (Wildman–Crippen MR) is 70.0 cm³/mol. The van der Waals surface area contributed by atoms with Gasteiger partial charge in [-0.15, -0.1) is 0 Å². The standard InChI is InChI=1S/C13H20OSi/c1-7-12-8-10(2)13(11(3)9-12)14-15(4,5)6/h7-9H,1H2,2-6H3/i1D. The second-order valence-corrected chi connectivity index (χ2v) is 9.29. The molecule has 0 aliphatic carbocycles. The summed E-state index contributed by atoms with van der Waals surface area (Å²) in [5.41, 5.74) is 3.36. The molecule has 0 fully saturated rings. The van der Waals surface area contributed by atoms with Gasteiger partial charge in [-0.25, -0.2) is 0 Å². The average Bonchev–Trinajstić information content (AvgIpc) is 2.10. The Morgan fingerprint density at radius 3 is 2.20 bits per heavy atom. The summed E-state index contributed by atoms with van der Waals surface area (Å²) in [6, 6.07) is 4.13. The monoisotopic (exact) mass is 221 g/mol. The molecule has 0 unspecified atom stereocenters. The molecule has 0 heterocycles. The van der Waals surface area contributed by atoms with E-state index >= 15 is 0 Å². The highest BCUT2D eigenvalue weighted by Crippen LogP contribution is 2.27. The molecule has 2 heteroatoms. The molecule has 0 spiro atoms. The molecule has 1 aromatic carbocycles. The number of hydrogen-bond donors (Lipinski definition) is 0. The average molecular weight is 221 g/mol. The first-order valence-electron chi connectivity index (χ1n) is 5.76. The quantitative estimate of drug-likeness (QED) is 0.696. The Bertz CT molecular complexity index is 382. The van der Waals surface area contributed by atoms with E-state index in [1.54, 1.807) is 6.08 Å². The van der Waals surface area contributed by atoms with E-state index in [0.717, 1.165) is 22.4 Å². The Morgan fingerprint density at radius 2 is 1.80 bits per heavy atom. The van der Waals surface area contributed by atoms with Crippen LogP contribution in [0.3, 0.4) is 0 Å². The van der Waals surface area contributed by atoms with Crippen molar-refractivity contribution in [2.24, 2.45) is 0 Å². The summed E-state index contributed by atoms with van der Waals surface area (Å²) in [7, 11) is -1.55. The third-order valence-electron chi connectivity index (χ3n) is 2.08. The number of benzene rings is 1. The van der Waals surface area contributed by atoms with E-state index in [9.17, 15) is 0 Å². The fourth-order valence-corrected chi connectivity index (χ4v) is 2.48. The van der Waals surface area contributed by atoms with Gasteiger partial charge in [0.2, 0.25) is 8.32 Å². The number of hydrogen-bond acceptors (Lipinski definition) is 1. The van der Waals surface area contributed by atoms with Crippen LogP contribution >= 0.6 is 0 Å². The van der Waals surface area contributed by atoms with Gasteiger partial charge >= 0.3 is 0 Å². The van der Waals surface area contributed by atoms with E-state index in [-0.39, 0.29) is 0 Å². The molecule has 0 saturated heterocycles. The molecule has 0 N–H and O–H groups in total. The maximum Gasteiger partial charge on any atom is 0.242 e. The third kappa shape index (κ3) is 3.24. The smallest absolute Gasteiger partial charge is 0.242 e. The Labute approximate surface area is 95.3 Å². The van der Waals surface area contributed by atoms with E-state index in [1.165, 1.54) is 6.55 Å². The third-order valence-corrected chi connectivity index (χ3v) is 2.90. The highest BCUT2D eigenvalue weighted by Gasteiger charge is 2.18. The SMILES string of the molecule is [2H]C=Cc1cc(C)c(O[Si](C)(C)C)c(C)c1. The first kappa shape index (κ1) is 10.5. The summed E-state index contributed by atoms with van der Waals surface area (Å²) < 4.78 is 13.1. The molecule has 82 valence electrons. The second-order valence-electron chi connectivity index (χ2n) is 4.86. The van der Waals surface area contributed by atoms with Gasteiger partial charge in [0.25, 0.3) is 0 Å². The maximum atomic E-state index is 7.07. The highest BCUT2D eigenvalue weighted by molar-refractivity contribution is 6.70. The van der Waals surface area contributed by atoms with Crippen LogP contribution in [-0.4, -0.2) is 8.32 Å². The molecular formula is C13H20OSi. The summed E-state index contributed by atoms with van der Waals surface area (Å²) >= 11 is 0. The van der Waals surface area contributed by atoms with Crippen LogP contribution in [0.4, 0.5) is 0 Å². The topological polar surface area (TPSA) is 9.23 Å². The lowest BCUT2D eigenvalue weighted by Gasteiger charge is -2.23. The van der Waals surface area contributed by atoms with Crippen molar-refractivity contribution in [1.82, 2.24) is 0 Å². The van der Waals surface area contributed by atoms with Crippen molar-refractivity contribution >= 4 is 14.4 Å². The summed E-state index contributed by atoms with van der Waals surface area (Å²) in [4.78, 5) is 0. The van der Waals surface area contributed by atoms with Crippen LogP contribution in [0.15, 0.2) is 18.7 Å². The molecular weight excluding hydrogens is 200 g/mol. The molecule has 0 aromatic heterocycles. The van der Waals surface area contributed by atoms with Gasteiger partial charge < -0.3 is 4.43 Å². The lowest BCUT2D eigenvalue weighted by molar-refractivity contribution is 0.548. The van der Waals surface area contributed by atoms with Crippen molar-refractivity contribution < 1.29 is 5.80 Å². The van der Waals surface area contributed by atoms with Gasteiger partial charge in [0.05, 0.1) is 1.37 Å². The summed E-state index contributed by atoms with van der Waals surface area (Å²) in [6.45, 7) is 12.0. The molecule has 0 radical (unpaired) electrons. The predicted octanol–water partition coefficient (Wildman–Crippen LogP) is 4.16. The lowest BCUT2D eigenvalue weighted by Crippen LogP contribution is -2.30. The maximum absolute atomic E-state index is 7.07. The lowest BCUT2D eigenvalue weighted by atomic mass is 10.1. The van der Waals surface area contributed by atoms with Crippen LogP contribution in [0.5, 0.6) is 5.75 Å². The summed E-state index contributed by atoms with van der Waals surface area (Å²) in [5.74, 6) is 1.02. The van der Waals surface area contributed by atoms with Gasteiger partial charge in [0.15, 0.2) is 0 Å². The van der Waals surface area contributed by atoms with E-state index in [4.69, 9.17) is 5.80 Å². The Morgan fingerprint density at radius 1 is 1.27 bits per heavy atom. The van der Waals surface area contributed by atoms with E-state index in [0.29, 0.717) is 0 Å². The normalized spacial score (nSPS) is 13.0. The van der Waals surface area contributed by atoms with Crippen molar-refractivity contribution in [2.45, 2.75) is 33.5 Å². The molecule has 0 atom stereocenters. The zero-order valence-corrected chi connectivity index (χ0v) is 11.2. The van der Waals surface area contributed by atoms with Gasteiger partial charge in [-0.3, -0.25) is 0 Å². The first-order chi connectivity index (χ1) is 7.33. The van der Waals surface area contributed by atoms with Gasteiger partial charge in [0.1, 0.15) is 5.75 Å². The number of aryl methyl sites for hydroxylation is 2. The molecule has 15 heavy (non-hydrogen) atoms. The molecule has 0 aliphatic rings. The van der Waals surface area contributed by atoms with Crippen LogP contribution in [0.25, 0.3) is 6.08 Å². The largest absolute Gasteiger partial charge is 0.544 e. The Balaban J connectivity index is 3.13. The van der Waals surface area contributed by atoms with Crippen LogP contribution < -0.4 is 4.43 Å². The second kappa shape index (κ2) is 4.23. The van der Waals surface area contributed by atoms with E-state index in [2.05, 4.69) is 45.6 Å². The minimum Gasteiger partial charge on any atom is -0.544 e. The minimum absolute atomic E-state index is 1.02. The fraction of sp³-hybridized carbons (Fsp3) is 0.385. The van der Waals surface area contributed by atoms with Gasteiger partial charge in [0, 0.05) is 0 Å². The van der Waals surface area contributed by atoms with Crippen LogP contribution in [0.2, 0.25) is 19.6 Å². The van der Waals surface area contributed by atoms with Crippen molar-refractivity contribution in [1.29, 1.82) is 0 Å². The molecule has 1 rings (SSSR count). The zero-order chi connectivity index (χ0) is 12.3. The number of rotatable bonds is 3. The van der Waals surface area contributed by atoms with E-state index < -0.39 is 8.32 Å². The minimum atomic E-state index is -1.55. The molecule has 0 bridgehead atoms. The van der Waals surface area contributed by atoms with Crippen molar-refractivity contribution in [3.05, 3.63) is 35.4 Å². The van der Waals surface area contributed by atoms with Crippen molar-refractivity contribution in [3.63, 3.8) is 0 Å². The Hall–Kier alpha value is -1.02. The summed E-state index contributed by atoms with van der Waals surface area (Å²) in [5, 5.41) is 0. The molecule has 0 saturated carbocycles. The molecule has 0 amide bonds. The van der Waals surface area contributed by atoms with E-state index in [1.807, 2.05) is 0 Å². The first-order valence-corrected chi connectivity index (χ1v) is 8.59. The van der Waals surface area contributed by atoms with Crippen molar-refractivity contribution in [3.8, 4) is 5.75 Å². The van der Waals surface area contributed by atoms with Crippen molar-refractivity contribution in [2.75, 3.05) is 0 Å². The zero-order valence-electron chi connectivity index (χ0n) is 11.2. The fourth-order valence-electron chi connectivity index (χ4n) is 1.55. The molecule has 1 aromatic rings. The highest BCUT2D eigenvalue weighted by atomic mass is 28.4. The van der Waals surface area contributed by atoms with Crippen LogP contribution in [0, 0.1) is 13.8 Å². The summed E-state index contributed by atoms with van der Waals surface area (Å²) in [6.07, 6.45) is 1.79. The van der Waals surface area contributed by atoms with Gasteiger partial charge in [-0.05, 0) is 62.3 Å². The van der Waals surface area contributed by atoms with Crippen LogP contribution in [-0.2, 0) is 0 Å². The molecule has 0 aliphatic heterocycles. The van der Waals surface area contributed by atoms with Gasteiger partial charge in [-0.1, -0.05) is 12.6 Å².